The van der Waals surface area contributed by atoms with Gasteiger partial charge in [-0.05, 0) is 31.5 Å². The Balaban J connectivity index is 2.09. The summed E-state index contributed by atoms with van der Waals surface area (Å²) >= 11 is 0. The van der Waals surface area contributed by atoms with Gasteiger partial charge in [0.25, 0.3) is 5.91 Å². The molecule has 1 heterocycles. The van der Waals surface area contributed by atoms with Crippen molar-refractivity contribution < 1.29 is 9.53 Å². The number of amides is 1. The van der Waals surface area contributed by atoms with Gasteiger partial charge in [-0.2, -0.15) is 0 Å². The lowest BCUT2D eigenvalue weighted by molar-refractivity contribution is 0.0742. The van der Waals surface area contributed by atoms with Crippen LogP contribution in [-0.2, 0) is 6.42 Å². The number of carbonyl (C=O) groups is 1. The molecular weight excluding hydrogens is 304 g/mol. The number of aryl methyl sites for hydroxylation is 1. The highest BCUT2D eigenvalue weighted by Crippen LogP contribution is 2.21. The lowest BCUT2D eigenvalue weighted by atomic mass is 10.1. The lowest BCUT2D eigenvalue weighted by Gasteiger charge is -2.25. The number of carbonyl (C=O) groups excluding carboxylic acids is 1. The Morgan fingerprint density at radius 2 is 2.17 bits per heavy atom. The van der Waals surface area contributed by atoms with Crippen LogP contribution in [0.15, 0.2) is 36.8 Å². The number of ether oxygens (including phenoxy) is 1. The van der Waals surface area contributed by atoms with E-state index in [1.54, 1.807) is 36.6 Å². The minimum atomic E-state index is -0.0519. The van der Waals surface area contributed by atoms with Crippen molar-refractivity contribution in [2.75, 3.05) is 20.2 Å². The summed E-state index contributed by atoms with van der Waals surface area (Å²) in [4.78, 5) is 22.8. The molecule has 0 aliphatic carbocycles. The molecule has 128 valence electrons. The molecule has 0 fully saturated rings. The second kappa shape index (κ2) is 8.40. The molecule has 0 bridgehead atoms. The summed E-state index contributed by atoms with van der Waals surface area (Å²) in [7, 11) is 1.80. The van der Waals surface area contributed by atoms with Gasteiger partial charge in [0.2, 0.25) is 0 Å². The number of hydrogen-bond donors (Lipinski definition) is 1. The molecule has 1 aromatic carbocycles. The van der Waals surface area contributed by atoms with E-state index in [-0.39, 0.29) is 11.9 Å². The molecule has 1 amide bonds. The van der Waals surface area contributed by atoms with Crippen molar-refractivity contribution in [2.24, 2.45) is 5.73 Å². The molecule has 0 aliphatic heterocycles. The quantitative estimate of drug-likeness (QED) is 0.838. The van der Waals surface area contributed by atoms with Gasteiger partial charge in [0.1, 0.15) is 12.4 Å². The molecule has 6 heteroatoms. The third-order valence-corrected chi connectivity index (χ3v) is 3.91. The van der Waals surface area contributed by atoms with Gasteiger partial charge in [-0.25, -0.2) is 0 Å². The van der Waals surface area contributed by atoms with Gasteiger partial charge in [0, 0.05) is 50.2 Å². The van der Waals surface area contributed by atoms with Gasteiger partial charge >= 0.3 is 0 Å². The van der Waals surface area contributed by atoms with Gasteiger partial charge in [0.05, 0.1) is 5.69 Å². The van der Waals surface area contributed by atoms with Crippen LogP contribution in [0.5, 0.6) is 5.75 Å². The van der Waals surface area contributed by atoms with Crippen molar-refractivity contribution in [1.82, 2.24) is 14.9 Å². The second-order valence-corrected chi connectivity index (χ2v) is 5.78. The Bertz CT molecular complexity index is 676. The van der Waals surface area contributed by atoms with E-state index in [0.717, 1.165) is 11.3 Å². The van der Waals surface area contributed by atoms with E-state index in [2.05, 4.69) is 9.97 Å². The highest BCUT2D eigenvalue weighted by molar-refractivity contribution is 5.94. The van der Waals surface area contributed by atoms with Gasteiger partial charge in [-0.1, -0.05) is 6.07 Å². The van der Waals surface area contributed by atoms with Crippen LogP contribution in [0.3, 0.4) is 0 Å². The average Bonchev–Trinajstić information content (AvgIpc) is 2.60. The topological polar surface area (TPSA) is 81.3 Å². The molecule has 2 rings (SSSR count). The summed E-state index contributed by atoms with van der Waals surface area (Å²) in [5.74, 6) is 0.644. The molecule has 1 atom stereocenters. The monoisotopic (exact) mass is 328 g/mol. The zero-order valence-corrected chi connectivity index (χ0v) is 14.4. The van der Waals surface area contributed by atoms with Crippen LogP contribution in [0.25, 0.3) is 0 Å². The standard InChI is InChI=1S/C18H24N4O2/c1-13-4-5-15(11-17(13)24-9-6-19)18(23)22(3)14(2)10-16-12-20-7-8-21-16/h4-5,7-8,11-12,14H,6,9-10,19H2,1-3H3/t14-/m1/s1. The van der Waals surface area contributed by atoms with Gasteiger partial charge < -0.3 is 15.4 Å². The highest BCUT2D eigenvalue weighted by Gasteiger charge is 2.19. The number of benzene rings is 1. The summed E-state index contributed by atoms with van der Waals surface area (Å²) in [6.07, 6.45) is 5.67. The van der Waals surface area contributed by atoms with Crippen LogP contribution in [0, 0.1) is 6.92 Å². The van der Waals surface area contributed by atoms with E-state index < -0.39 is 0 Å². The van der Waals surface area contributed by atoms with Crippen molar-refractivity contribution in [3.63, 3.8) is 0 Å². The van der Waals surface area contributed by atoms with Crippen LogP contribution in [0.4, 0.5) is 0 Å². The number of hydrogen-bond acceptors (Lipinski definition) is 5. The summed E-state index contributed by atoms with van der Waals surface area (Å²) in [5, 5.41) is 0. The zero-order chi connectivity index (χ0) is 17.5. The molecule has 2 N–H and O–H groups in total. The van der Waals surface area contributed by atoms with Crippen LogP contribution in [0.2, 0.25) is 0 Å². The third kappa shape index (κ3) is 4.52. The predicted molar refractivity (Wildman–Crippen MR) is 93.0 cm³/mol. The average molecular weight is 328 g/mol. The maximum absolute atomic E-state index is 12.7. The normalized spacial score (nSPS) is 11.8. The van der Waals surface area contributed by atoms with Gasteiger partial charge in [-0.15, -0.1) is 0 Å². The fourth-order valence-corrected chi connectivity index (χ4v) is 2.34. The van der Waals surface area contributed by atoms with E-state index in [0.29, 0.717) is 30.9 Å². The van der Waals surface area contributed by atoms with Crippen LogP contribution < -0.4 is 10.5 Å². The molecule has 0 saturated heterocycles. The second-order valence-electron chi connectivity index (χ2n) is 5.78. The summed E-state index contributed by atoms with van der Waals surface area (Å²) in [6, 6.07) is 5.49. The Hall–Kier alpha value is -2.47. The first-order valence-corrected chi connectivity index (χ1v) is 7.98. The summed E-state index contributed by atoms with van der Waals surface area (Å²) in [6.45, 7) is 4.80. The summed E-state index contributed by atoms with van der Waals surface area (Å²) in [5.41, 5.74) is 7.92. The van der Waals surface area contributed by atoms with Gasteiger partial charge in [-0.3, -0.25) is 14.8 Å². The molecule has 2 aromatic rings. The van der Waals surface area contributed by atoms with Crippen molar-refractivity contribution in [2.45, 2.75) is 26.3 Å². The Morgan fingerprint density at radius 1 is 1.38 bits per heavy atom. The number of rotatable bonds is 7. The maximum atomic E-state index is 12.7. The van der Waals surface area contributed by atoms with Crippen molar-refractivity contribution >= 4 is 5.91 Å². The number of likely N-dealkylation sites (N-methyl/N-ethyl adjacent to an activating group) is 1. The maximum Gasteiger partial charge on any atom is 0.253 e. The van der Waals surface area contributed by atoms with Crippen molar-refractivity contribution in [3.05, 3.63) is 53.6 Å². The largest absolute Gasteiger partial charge is 0.492 e. The molecule has 0 aliphatic rings. The molecule has 1 aromatic heterocycles. The molecule has 0 radical (unpaired) electrons. The third-order valence-electron chi connectivity index (χ3n) is 3.91. The molecule has 0 saturated carbocycles. The number of nitrogens with two attached hydrogens (primary N) is 1. The number of aromatic nitrogens is 2. The van der Waals surface area contributed by atoms with E-state index in [4.69, 9.17) is 10.5 Å². The van der Waals surface area contributed by atoms with Crippen LogP contribution in [0.1, 0.15) is 28.5 Å². The Labute approximate surface area is 142 Å². The zero-order valence-electron chi connectivity index (χ0n) is 14.4. The van der Waals surface area contributed by atoms with E-state index in [1.807, 2.05) is 26.0 Å². The Kier molecular flexibility index (Phi) is 6.26. The first-order valence-electron chi connectivity index (χ1n) is 7.98. The minimum Gasteiger partial charge on any atom is -0.492 e. The molecular formula is C18H24N4O2. The van der Waals surface area contributed by atoms with Crippen LogP contribution >= 0.6 is 0 Å². The molecule has 6 nitrogen and oxygen atoms in total. The first kappa shape index (κ1) is 17.9. The van der Waals surface area contributed by atoms with E-state index >= 15 is 0 Å². The lowest BCUT2D eigenvalue weighted by Crippen LogP contribution is -2.36. The molecule has 24 heavy (non-hydrogen) atoms. The fraction of sp³-hybridized carbons (Fsp3) is 0.389. The van der Waals surface area contributed by atoms with E-state index in [1.165, 1.54) is 0 Å². The minimum absolute atomic E-state index is 0.00362. The molecule has 0 spiro atoms. The van der Waals surface area contributed by atoms with Crippen molar-refractivity contribution in [3.8, 4) is 5.75 Å². The fourth-order valence-electron chi connectivity index (χ4n) is 2.34. The van der Waals surface area contributed by atoms with Crippen LogP contribution in [-0.4, -0.2) is 47.0 Å². The Morgan fingerprint density at radius 3 is 2.83 bits per heavy atom. The smallest absolute Gasteiger partial charge is 0.253 e. The SMILES string of the molecule is Cc1ccc(C(=O)N(C)[C@H](C)Cc2cnccn2)cc1OCCN. The highest BCUT2D eigenvalue weighted by atomic mass is 16.5. The van der Waals surface area contributed by atoms with E-state index in [9.17, 15) is 4.79 Å². The number of nitrogens with zero attached hydrogens (tertiary/aromatic N) is 3. The van der Waals surface area contributed by atoms with Gasteiger partial charge in [0.15, 0.2) is 0 Å². The molecule has 0 unspecified atom stereocenters. The van der Waals surface area contributed by atoms with Crippen molar-refractivity contribution in [1.29, 1.82) is 0 Å². The first-order chi connectivity index (χ1) is 11.5. The summed E-state index contributed by atoms with van der Waals surface area (Å²) < 4.78 is 5.60. The predicted octanol–water partition coefficient (Wildman–Crippen LogP) is 1.83.